The summed E-state index contributed by atoms with van der Waals surface area (Å²) >= 11 is 0. The zero-order valence-electron chi connectivity index (χ0n) is 17.9. The van der Waals surface area contributed by atoms with Gasteiger partial charge in [0.2, 0.25) is 5.95 Å². The van der Waals surface area contributed by atoms with Crippen molar-refractivity contribution >= 4 is 28.1 Å². The zero-order valence-corrected chi connectivity index (χ0v) is 17.9. The summed E-state index contributed by atoms with van der Waals surface area (Å²) in [5, 5.41) is 9.66. The topological polar surface area (TPSA) is 80.1 Å². The van der Waals surface area contributed by atoms with Crippen LogP contribution in [0.15, 0.2) is 36.5 Å². The minimum absolute atomic E-state index is 0.290. The van der Waals surface area contributed by atoms with Crippen LogP contribution in [0.1, 0.15) is 48.8 Å². The Balaban J connectivity index is 1.39. The van der Waals surface area contributed by atoms with Crippen LogP contribution in [-0.2, 0) is 17.6 Å². The maximum atomic E-state index is 5.52. The summed E-state index contributed by atoms with van der Waals surface area (Å²) in [4.78, 5) is 13.3. The normalized spacial score (nSPS) is 18.7. The lowest BCUT2D eigenvalue weighted by Gasteiger charge is -2.24. The Morgan fingerprint density at radius 1 is 1.23 bits per heavy atom. The molecule has 1 aromatic carbocycles. The summed E-state index contributed by atoms with van der Waals surface area (Å²) in [5.74, 6) is 1.83. The van der Waals surface area contributed by atoms with Crippen molar-refractivity contribution in [3.8, 4) is 0 Å². The Kier molecular flexibility index (Phi) is 4.31. The fourth-order valence-electron chi connectivity index (χ4n) is 4.76. The molecule has 1 unspecified atom stereocenters. The van der Waals surface area contributed by atoms with Crippen LogP contribution in [0.25, 0.3) is 22.1 Å². The van der Waals surface area contributed by atoms with Crippen molar-refractivity contribution in [1.82, 2.24) is 24.6 Å². The van der Waals surface area contributed by atoms with Crippen molar-refractivity contribution < 1.29 is 4.74 Å². The molecular formula is C24H26N6O. The van der Waals surface area contributed by atoms with Gasteiger partial charge in [-0.3, -0.25) is 0 Å². The number of hydrogen-bond donors (Lipinski definition) is 2. The molecule has 1 atom stereocenters. The molecule has 1 aliphatic carbocycles. The molecular weight excluding hydrogens is 388 g/mol. The summed E-state index contributed by atoms with van der Waals surface area (Å²) < 4.78 is 7.39. The number of aromatic nitrogens is 5. The monoisotopic (exact) mass is 414 g/mol. The first-order chi connectivity index (χ1) is 15.2. The molecule has 0 fully saturated rings. The molecule has 0 saturated heterocycles. The first kappa shape index (κ1) is 18.6. The third kappa shape index (κ3) is 3.11. The van der Waals surface area contributed by atoms with Crippen molar-refractivity contribution in [1.29, 1.82) is 0 Å². The van der Waals surface area contributed by atoms with E-state index in [1.165, 1.54) is 22.2 Å². The van der Waals surface area contributed by atoms with Crippen molar-refractivity contribution in [2.75, 3.05) is 18.5 Å². The standard InChI is InChI=1S/C24H26N6O/c1-14(2)19-12-25-30-23(19)28-22(15-9-10-31-13-15)29-24(30)26-16-7-8-21-18(11-16)17-5-3-4-6-20(17)27-21/h3-6,9,12,14,16,27H,7-8,10-11,13H2,1-2H3,(H,26,28,29). The van der Waals surface area contributed by atoms with Crippen LogP contribution in [0.3, 0.4) is 0 Å². The average molecular weight is 415 g/mol. The number of aryl methyl sites for hydroxylation is 1. The number of aromatic amines is 1. The van der Waals surface area contributed by atoms with E-state index in [0.717, 1.165) is 47.8 Å². The first-order valence-electron chi connectivity index (χ1n) is 11.0. The first-order valence-corrected chi connectivity index (χ1v) is 11.0. The molecule has 7 nitrogen and oxygen atoms in total. The van der Waals surface area contributed by atoms with Gasteiger partial charge in [-0.2, -0.15) is 14.6 Å². The molecule has 4 aromatic rings. The van der Waals surface area contributed by atoms with Crippen molar-refractivity contribution in [2.24, 2.45) is 0 Å². The number of para-hydroxylation sites is 1. The van der Waals surface area contributed by atoms with Gasteiger partial charge in [0.1, 0.15) is 0 Å². The van der Waals surface area contributed by atoms with E-state index in [9.17, 15) is 0 Å². The van der Waals surface area contributed by atoms with Gasteiger partial charge in [-0.15, -0.1) is 0 Å². The molecule has 0 saturated carbocycles. The van der Waals surface area contributed by atoms with Gasteiger partial charge >= 0.3 is 0 Å². The Bertz CT molecular complexity index is 1310. The van der Waals surface area contributed by atoms with Gasteiger partial charge < -0.3 is 15.0 Å². The van der Waals surface area contributed by atoms with Crippen molar-refractivity contribution in [3.63, 3.8) is 0 Å². The van der Waals surface area contributed by atoms with E-state index in [-0.39, 0.29) is 6.04 Å². The Labute approximate surface area is 180 Å². The summed E-state index contributed by atoms with van der Waals surface area (Å²) in [7, 11) is 0. The minimum Gasteiger partial charge on any atom is -0.373 e. The maximum absolute atomic E-state index is 5.52. The number of nitrogens with zero attached hydrogens (tertiary/aromatic N) is 4. The lowest BCUT2D eigenvalue weighted by molar-refractivity contribution is 0.216. The molecule has 0 spiro atoms. The van der Waals surface area contributed by atoms with Crippen molar-refractivity contribution in [2.45, 2.75) is 45.1 Å². The molecule has 158 valence electrons. The predicted molar refractivity (Wildman–Crippen MR) is 121 cm³/mol. The van der Waals surface area contributed by atoms with Crippen LogP contribution < -0.4 is 5.32 Å². The van der Waals surface area contributed by atoms with Gasteiger partial charge in [0.05, 0.1) is 19.4 Å². The van der Waals surface area contributed by atoms with Gasteiger partial charge in [-0.25, -0.2) is 4.98 Å². The Hall–Kier alpha value is -3.19. The summed E-state index contributed by atoms with van der Waals surface area (Å²) in [6, 6.07) is 8.86. The van der Waals surface area contributed by atoms with Crippen LogP contribution in [0.4, 0.5) is 5.95 Å². The van der Waals surface area contributed by atoms with E-state index in [1.807, 2.05) is 10.7 Å². The molecule has 2 N–H and O–H groups in total. The van der Waals surface area contributed by atoms with Gasteiger partial charge in [0, 0.05) is 33.8 Å². The highest BCUT2D eigenvalue weighted by atomic mass is 16.5. The number of anilines is 1. The van der Waals surface area contributed by atoms with Crippen LogP contribution in [0, 0.1) is 0 Å². The smallest absolute Gasteiger partial charge is 0.228 e. The highest BCUT2D eigenvalue weighted by Crippen LogP contribution is 2.31. The second-order valence-electron chi connectivity index (χ2n) is 8.82. The molecule has 7 heteroatoms. The zero-order chi connectivity index (χ0) is 20.9. The molecule has 3 aromatic heterocycles. The Morgan fingerprint density at radius 2 is 2.13 bits per heavy atom. The quantitative estimate of drug-likeness (QED) is 0.525. The maximum Gasteiger partial charge on any atom is 0.228 e. The summed E-state index contributed by atoms with van der Waals surface area (Å²) in [5.41, 5.74) is 7.06. The molecule has 6 rings (SSSR count). The highest BCUT2D eigenvalue weighted by Gasteiger charge is 2.25. The summed E-state index contributed by atoms with van der Waals surface area (Å²) in [6.45, 7) is 5.52. The van der Waals surface area contributed by atoms with Gasteiger partial charge in [-0.05, 0) is 42.9 Å². The molecule has 0 amide bonds. The second-order valence-corrected chi connectivity index (χ2v) is 8.82. The fourth-order valence-corrected chi connectivity index (χ4v) is 4.76. The average Bonchev–Trinajstić information content (AvgIpc) is 3.51. The molecule has 2 aliphatic rings. The Morgan fingerprint density at radius 3 is 2.97 bits per heavy atom. The van der Waals surface area contributed by atoms with E-state index in [1.54, 1.807) is 0 Å². The molecule has 0 bridgehead atoms. The van der Waals surface area contributed by atoms with E-state index in [0.29, 0.717) is 19.1 Å². The number of ether oxygens (including phenoxy) is 1. The molecule has 31 heavy (non-hydrogen) atoms. The number of H-pyrrole nitrogens is 1. The molecule has 4 heterocycles. The van der Waals surface area contributed by atoms with Crippen LogP contribution in [0.5, 0.6) is 0 Å². The van der Waals surface area contributed by atoms with E-state index >= 15 is 0 Å². The lowest BCUT2D eigenvalue weighted by Crippen LogP contribution is -2.29. The van der Waals surface area contributed by atoms with E-state index < -0.39 is 0 Å². The fraction of sp³-hybridized carbons (Fsp3) is 0.375. The summed E-state index contributed by atoms with van der Waals surface area (Å²) in [6.07, 6.45) is 7.02. The number of benzene rings is 1. The number of rotatable bonds is 4. The molecule has 1 aliphatic heterocycles. The third-order valence-corrected chi connectivity index (χ3v) is 6.44. The number of nitrogens with one attached hydrogen (secondary N) is 2. The molecule has 0 radical (unpaired) electrons. The third-order valence-electron chi connectivity index (χ3n) is 6.44. The van der Waals surface area contributed by atoms with Gasteiger partial charge in [0.15, 0.2) is 11.5 Å². The second kappa shape index (κ2) is 7.20. The number of hydrogen-bond acceptors (Lipinski definition) is 5. The highest BCUT2D eigenvalue weighted by molar-refractivity contribution is 5.85. The van der Waals surface area contributed by atoms with Crippen molar-refractivity contribution in [3.05, 3.63) is 59.2 Å². The van der Waals surface area contributed by atoms with Crippen LogP contribution in [0.2, 0.25) is 0 Å². The van der Waals surface area contributed by atoms with E-state index in [4.69, 9.17) is 14.7 Å². The van der Waals surface area contributed by atoms with Crippen LogP contribution in [-0.4, -0.2) is 43.8 Å². The predicted octanol–water partition coefficient (Wildman–Crippen LogP) is 4.11. The number of fused-ring (bicyclic) bond motifs is 4. The largest absolute Gasteiger partial charge is 0.373 e. The van der Waals surface area contributed by atoms with Gasteiger partial charge in [-0.1, -0.05) is 32.0 Å². The minimum atomic E-state index is 0.290. The SMILES string of the molecule is CC(C)c1cnn2c(NC3CCc4[nH]c5ccccc5c4C3)nc(C3=CCOC3)nc12. The van der Waals surface area contributed by atoms with Crippen LogP contribution >= 0.6 is 0 Å². The van der Waals surface area contributed by atoms with E-state index in [2.05, 4.69) is 59.6 Å². The van der Waals surface area contributed by atoms with Gasteiger partial charge in [0.25, 0.3) is 0 Å². The lowest BCUT2D eigenvalue weighted by atomic mass is 9.91.